The van der Waals surface area contributed by atoms with E-state index in [-0.39, 0.29) is 17.2 Å². The standard InChI is InChI=1S/C14H20O2Si/c1-14(2,3)17(10-7-5-4-6-8-10)9-11(15)12-13(17)16-12/h4-8,11-13,15H,9H2,1-3H3/t11-,12-,13+,17-/m0/s1. The number of hydrogen-bond donors (Lipinski definition) is 1. The topological polar surface area (TPSA) is 32.8 Å². The average Bonchev–Trinajstić information content (AvgIpc) is 3.00. The van der Waals surface area contributed by atoms with Crippen molar-refractivity contribution in [2.75, 3.05) is 0 Å². The number of hydrogen-bond acceptors (Lipinski definition) is 2. The Morgan fingerprint density at radius 1 is 1.24 bits per heavy atom. The van der Waals surface area contributed by atoms with Gasteiger partial charge in [-0.2, -0.15) is 0 Å². The molecule has 3 rings (SSSR count). The van der Waals surface area contributed by atoms with E-state index in [0.29, 0.717) is 5.73 Å². The second-order valence-corrected chi connectivity index (χ2v) is 11.4. The molecule has 17 heavy (non-hydrogen) atoms. The largest absolute Gasteiger partial charge is 0.391 e. The first kappa shape index (κ1) is 11.4. The normalized spacial score (nSPS) is 40.1. The van der Waals surface area contributed by atoms with Crippen LogP contribution in [0.4, 0.5) is 0 Å². The van der Waals surface area contributed by atoms with Crippen molar-refractivity contribution >= 4 is 13.3 Å². The molecule has 2 fully saturated rings. The molecule has 2 nitrogen and oxygen atoms in total. The lowest BCUT2D eigenvalue weighted by Crippen LogP contribution is -2.58. The second-order valence-electron chi connectivity index (χ2n) is 6.38. The maximum absolute atomic E-state index is 10.1. The van der Waals surface area contributed by atoms with Crippen molar-refractivity contribution in [1.29, 1.82) is 0 Å². The number of aliphatic hydroxyl groups is 1. The zero-order chi connectivity index (χ0) is 12.3. The van der Waals surface area contributed by atoms with Crippen LogP contribution < -0.4 is 5.19 Å². The van der Waals surface area contributed by atoms with Crippen LogP contribution in [-0.4, -0.2) is 31.1 Å². The average molecular weight is 248 g/mol. The first-order valence-electron chi connectivity index (χ1n) is 6.36. The van der Waals surface area contributed by atoms with Gasteiger partial charge in [-0.25, -0.2) is 0 Å². The third-order valence-electron chi connectivity index (χ3n) is 4.55. The molecule has 4 atom stereocenters. The highest BCUT2D eigenvalue weighted by Crippen LogP contribution is 2.55. The van der Waals surface area contributed by atoms with Gasteiger partial charge in [-0.05, 0) is 11.1 Å². The fraction of sp³-hybridized carbons (Fsp3) is 0.571. The number of rotatable bonds is 1. The van der Waals surface area contributed by atoms with Crippen molar-refractivity contribution in [3.63, 3.8) is 0 Å². The minimum atomic E-state index is -1.77. The molecule has 0 spiro atoms. The Morgan fingerprint density at radius 3 is 2.29 bits per heavy atom. The van der Waals surface area contributed by atoms with Gasteiger partial charge < -0.3 is 9.84 Å². The van der Waals surface area contributed by atoms with Crippen LogP contribution in [0, 0.1) is 0 Å². The van der Waals surface area contributed by atoms with Gasteiger partial charge in [0.15, 0.2) is 0 Å². The maximum Gasteiger partial charge on any atom is 0.130 e. The summed E-state index contributed by atoms with van der Waals surface area (Å²) >= 11 is 0. The van der Waals surface area contributed by atoms with Crippen molar-refractivity contribution < 1.29 is 9.84 Å². The third kappa shape index (κ3) is 1.46. The second kappa shape index (κ2) is 3.43. The van der Waals surface area contributed by atoms with Gasteiger partial charge in [0.2, 0.25) is 0 Å². The molecule has 2 saturated heterocycles. The van der Waals surface area contributed by atoms with Gasteiger partial charge in [0.05, 0.1) is 11.8 Å². The highest BCUT2D eigenvalue weighted by Gasteiger charge is 2.70. The smallest absolute Gasteiger partial charge is 0.130 e. The summed E-state index contributed by atoms with van der Waals surface area (Å²) in [4.78, 5) is 0. The van der Waals surface area contributed by atoms with Crippen LogP contribution in [0.3, 0.4) is 0 Å². The zero-order valence-electron chi connectivity index (χ0n) is 10.7. The maximum atomic E-state index is 10.1. The summed E-state index contributed by atoms with van der Waals surface area (Å²) in [5.41, 5.74) is 0.333. The Bertz CT molecular complexity index is 426. The number of benzene rings is 1. The van der Waals surface area contributed by atoms with Crippen LogP contribution in [0.2, 0.25) is 11.1 Å². The van der Waals surface area contributed by atoms with Gasteiger partial charge in [-0.1, -0.05) is 56.3 Å². The number of fused-ring (bicyclic) bond motifs is 1. The molecule has 0 radical (unpaired) electrons. The molecule has 0 unspecified atom stereocenters. The SMILES string of the molecule is CC(C)(C)[Si@]1(c2ccccc2)C[C@H](O)[C@@H]2O[C@@H]21. The Morgan fingerprint density at radius 2 is 1.88 bits per heavy atom. The van der Waals surface area contributed by atoms with E-state index < -0.39 is 8.07 Å². The lowest BCUT2D eigenvalue weighted by molar-refractivity contribution is 0.148. The van der Waals surface area contributed by atoms with Gasteiger partial charge in [-0.3, -0.25) is 0 Å². The molecule has 0 aliphatic carbocycles. The lowest BCUT2D eigenvalue weighted by Gasteiger charge is -2.41. The summed E-state index contributed by atoms with van der Waals surface area (Å²) in [6, 6.07) is 11.7. The van der Waals surface area contributed by atoms with Crippen LogP contribution in [-0.2, 0) is 4.74 Å². The fourth-order valence-electron chi connectivity index (χ4n) is 3.56. The summed E-state index contributed by atoms with van der Waals surface area (Å²) in [6.07, 6.45) is -0.118. The summed E-state index contributed by atoms with van der Waals surface area (Å²) in [5.74, 6) is 0. The molecule has 2 heterocycles. The lowest BCUT2D eigenvalue weighted by atomic mass is 10.2. The monoisotopic (exact) mass is 248 g/mol. The molecule has 1 N–H and O–H groups in total. The van der Waals surface area contributed by atoms with E-state index in [1.165, 1.54) is 5.19 Å². The number of epoxide rings is 1. The summed E-state index contributed by atoms with van der Waals surface area (Å²) in [6.45, 7) is 6.93. The first-order valence-corrected chi connectivity index (χ1v) is 8.64. The van der Waals surface area contributed by atoms with Crippen molar-refractivity contribution in [3.8, 4) is 0 Å². The number of aliphatic hydroxyl groups excluding tert-OH is 1. The van der Waals surface area contributed by atoms with Crippen LogP contribution >= 0.6 is 0 Å². The minimum absolute atomic E-state index is 0.126. The summed E-state index contributed by atoms with van der Waals surface area (Å²) < 4.78 is 5.77. The van der Waals surface area contributed by atoms with Gasteiger partial charge in [0.1, 0.15) is 14.2 Å². The quantitative estimate of drug-likeness (QED) is 0.607. The molecule has 92 valence electrons. The van der Waals surface area contributed by atoms with Crippen molar-refractivity contribution in [1.82, 2.24) is 0 Å². The first-order chi connectivity index (χ1) is 7.97. The zero-order valence-corrected chi connectivity index (χ0v) is 11.7. The van der Waals surface area contributed by atoms with Gasteiger partial charge in [-0.15, -0.1) is 0 Å². The minimum Gasteiger partial charge on any atom is -0.391 e. The predicted octanol–water partition coefficient (Wildman–Crippen LogP) is 1.82. The van der Waals surface area contributed by atoms with E-state index in [9.17, 15) is 5.11 Å². The fourth-order valence-corrected chi connectivity index (χ4v) is 9.54. The van der Waals surface area contributed by atoms with Crippen LogP contribution in [0.1, 0.15) is 20.8 Å². The molecular weight excluding hydrogens is 228 g/mol. The molecule has 1 aromatic carbocycles. The van der Waals surface area contributed by atoms with E-state index in [4.69, 9.17) is 4.74 Å². The van der Waals surface area contributed by atoms with E-state index in [1.807, 2.05) is 0 Å². The Kier molecular flexibility index (Phi) is 2.31. The summed E-state index contributed by atoms with van der Waals surface area (Å²) in [7, 11) is -1.77. The van der Waals surface area contributed by atoms with Crippen LogP contribution in [0.15, 0.2) is 30.3 Å². The predicted molar refractivity (Wildman–Crippen MR) is 71.0 cm³/mol. The molecule has 0 aromatic heterocycles. The van der Waals surface area contributed by atoms with Crippen molar-refractivity contribution in [3.05, 3.63) is 30.3 Å². The molecule has 1 aromatic rings. The summed E-state index contributed by atoms with van der Waals surface area (Å²) in [5, 5.41) is 11.8. The molecule has 2 aliphatic heterocycles. The van der Waals surface area contributed by atoms with E-state index in [0.717, 1.165) is 6.04 Å². The van der Waals surface area contributed by atoms with E-state index in [1.54, 1.807) is 0 Å². The molecular formula is C14H20O2Si. The third-order valence-corrected chi connectivity index (χ3v) is 11.1. The molecule has 0 amide bonds. The highest BCUT2D eigenvalue weighted by molar-refractivity contribution is 6.96. The Hall–Kier alpha value is -0.643. The van der Waals surface area contributed by atoms with Crippen LogP contribution in [0.25, 0.3) is 0 Å². The van der Waals surface area contributed by atoms with Crippen molar-refractivity contribution in [2.45, 2.75) is 49.8 Å². The Labute approximate surface area is 104 Å². The van der Waals surface area contributed by atoms with E-state index >= 15 is 0 Å². The molecule has 0 bridgehead atoms. The van der Waals surface area contributed by atoms with E-state index in [2.05, 4.69) is 51.1 Å². The van der Waals surface area contributed by atoms with Crippen LogP contribution in [0.5, 0.6) is 0 Å². The molecule has 3 heteroatoms. The van der Waals surface area contributed by atoms with Gasteiger partial charge in [0, 0.05) is 0 Å². The number of ether oxygens (including phenoxy) is 1. The highest BCUT2D eigenvalue weighted by atomic mass is 28.3. The van der Waals surface area contributed by atoms with Crippen molar-refractivity contribution in [2.24, 2.45) is 0 Å². The van der Waals surface area contributed by atoms with Gasteiger partial charge in [0.25, 0.3) is 0 Å². The molecule has 0 saturated carbocycles. The van der Waals surface area contributed by atoms with Gasteiger partial charge >= 0.3 is 0 Å². The Balaban J connectivity index is 2.11. The molecule has 2 aliphatic rings.